The van der Waals surface area contributed by atoms with Crippen LogP contribution in [0.4, 0.5) is 0 Å². The van der Waals surface area contributed by atoms with E-state index in [1.807, 2.05) is 6.92 Å². The van der Waals surface area contributed by atoms with Crippen molar-refractivity contribution in [3.8, 4) is 0 Å². The van der Waals surface area contributed by atoms with Crippen molar-refractivity contribution in [1.29, 1.82) is 0 Å². The zero-order valence-corrected chi connectivity index (χ0v) is 38.8. The molecule has 5 aliphatic carbocycles. The summed E-state index contributed by atoms with van der Waals surface area (Å²) >= 11 is 0. The van der Waals surface area contributed by atoms with E-state index in [1.54, 1.807) is 0 Å². The van der Waals surface area contributed by atoms with E-state index in [0.717, 1.165) is 31.3 Å². The van der Waals surface area contributed by atoms with Crippen LogP contribution >= 0.6 is 0 Å². The molecule has 376 valence electrons. The Balaban J connectivity index is 1.02. The number of carboxylic acid groups (broad SMARTS) is 2. The van der Waals surface area contributed by atoms with Gasteiger partial charge in [-0.1, -0.05) is 53.2 Å². The van der Waals surface area contributed by atoms with Gasteiger partial charge in [0, 0.05) is 0 Å². The van der Waals surface area contributed by atoms with E-state index in [2.05, 4.69) is 40.7 Å². The van der Waals surface area contributed by atoms with Crippen LogP contribution in [0.15, 0.2) is 11.6 Å². The van der Waals surface area contributed by atoms with Gasteiger partial charge in [-0.15, -0.1) is 0 Å². The van der Waals surface area contributed by atoms with E-state index in [-0.39, 0.29) is 47.2 Å². The van der Waals surface area contributed by atoms with Crippen molar-refractivity contribution in [2.75, 3.05) is 19.8 Å². The average Bonchev–Trinajstić information content (AvgIpc) is 3.26. The minimum atomic E-state index is -1.82. The van der Waals surface area contributed by atoms with Crippen molar-refractivity contribution in [1.82, 2.24) is 0 Å². The number of rotatable bonds is 10. The average molecular weight is 943 g/mol. The molecule has 3 heterocycles. The van der Waals surface area contributed by atoms with Crippen LogP contribution in [0.3, 0.4) is 0 Å². The first-order valence-electron chi connectivity index (χ1n) is 23.9. The fourth-order valence-corrected chi connectivity index (χ4v) is 14.9. The van der Waals surface area contributed by atoms with Crippen molar-refractivity contribution < 1.29 is 94.2 Å². The van der Waals surface area contributed by atoms with Gasteiger partial charge in [0.2, 0.25) is 0 Å². The van der Waals surface area contributed by atoms with Gasteiger partial charge < -0.3 is 84.6 Å². The number of carbonyl (C=O) groups is 2. The van der Waals surface area contributed by atoms with Crippen molar-refractivity contribution >= 4 is 11.9 Å². The zero-order valence-electron chi connectivity index (χ0n) is 38.8. The summed E-state index contributed by atoms with van der Waals surface area (Å²) in [5, 5.41) is 115. The van der Waals surface area contributed by atoms with E-state index >= 15 is 0 Å². The maximum Gasteiger partial charge on any atom is 0.335 e. The number of hydrogen-bond donors (Lipinski definition) is 11. The van der Waals surface area contributed by atoms with E-state index in [0.29, 0.717) is 38.5 Å². The molecular formula is C47H74O19. The third kappa shape index (κ3) is 7.82. The van der Waals surface area contributed by atoms with Crippen LogP contribution in [0.5, 0.6) is 0 Å². The minimum Gasteiger partial charge on any atom is -0.481 e. The number of aliphatic carboxylic acids is 2. The summed E-state index contributed by atoms with van der Waals surface area (Å²) in [5.41, 5.74) is -1.67. The van der Waals surface area contributed by atoms with Crippen LogP contribution in [-0.4, -0.2) is 180 Å². The molecule has 0 spiro atoms. The lowest BCUT2D eigenvalue weighted by Gasteiger charge is -2.71. The molecule has 0 radical (unpaired) electrons. The summed E-state index contributed by atoms with van der Waals surface area (Å²) in [6.45, 7) is 12.4. The molecule has 11 N–H and O–H groups in total. The Morgan fingerprint density at radius 3 is 2.06 bits per heavy atom. The summed E-state index contributed by atoms with van der Waals surface area (Å²) in [6, 6.07) is 0. The lowest BCUT2D eigenvalue weighted by atomic mass is 9.33. The van der Waals surface area contributed by atoms with Crippen molar-refractivity contribution in [3.05, 3.63) is 11.6 Å². The van der Waals surface area contributed by atoms with Gasteiger partial charge >= 0.3 is 11.9 Å². The third-order valence-electron chi connectivity index (χ3n) is 19.1. The number of hydrogen-bond acceptors (Lipinski definition) is 17. The Morgan fingerprint density at radius 2 is 1.39 bits per heavy atom. The Labute approximate surface area is 385 Å². The summed E-state index contributed by atoms with van der Waals surface area (Å²) in [6.07, 6.45) is -13.8. The van der Waals surface area contributed by atoms with Gasteiger partial charge in [-0.25, -0.2) is 4.79 Å². The van der Waals surface area contributed by atoms with Crippen LogP contribution in [-0.2, 0) is 38.0 Å². The Kier molecular flexibility index (Phi) is 13.6. The molecule has 23 atom stereocenters. The second-order valence-corrected chi connectivity index (χ2v) is 22.9. The van der Waals surface area contributed by atoms with Gasteiger partial charge in [-0.05, 0) is 109 Å². The molecule has 0 bridgehead atoms. The van der Waals surface area contributed by atoms with Crippen molar-refractivity contribution in [3.63, 3.8) is 0 Å². The molecule has 0 aromatic rings. The number of fused-ring (bicyclic) bond motifs is 7. The fraction of sp³-hybridized carbons (Fsp3) is 0.915. The van der Waals surface area contributed by atoms with E-state index < -0.39 is 127 Å². The van der Waals surface area contributed by atoms with Gasteiger partial charge in [0.25, 0.3) is 0 Å². The predicted octanol–water partition coefficient (Wildman–Crippen LogP) is 0.410. The summed E-state index contributed by atoms with van der Waals surface area (Å²) in [5.74, 6) is -2.26. The Bertz CT molecular complexity index is 1850. The van der Waals surface area contributed by atoms with Gasteiger partial charge in [0.05, 0.1) is 31.3 Å². The standard InChI is InChI=1S/C47H74O19/c1-42(2)25-9-12-46(6)26(44(25,4)11-10-27(42)64-39-34(56)30(52)32(54)35(65-39)37(57)58)8-7-21-22-17-43(3,13-15-47(22,41(59)60)16-14-45(21,46)5)20-62-40-36(31(53)29(51)24(18-48)63-40)66-38-33(55)28(50)23(49)19-61-38/h7,22-36,38-40,48-56H,8-20H2,1-6H3,(H,57,58)(H,59,60). The first kappa shape index (κ1) is 50.5. The van der Waals surface area contributed by atoms with Gasteiger partial charge in [0.15, 0.2) is 25.0 Å². The number of ether oxygens (including phenoxy) is 6. The van der Waals surface area contributed by atoms with Crippen LogP contribution in [0.1, 0.15) is 106 Å². The lowest BCUT2D eigenvalue weighted by Crippen LogP contribution is -2.66. The normalized spacial score (nSPS) is 53.6. The summed E-state index contributed by atoms with van der Waals surface area (Å²) < 4.78 is 35.6. The maximum absolute atomic E-state index is 13.6. The van der Waals surface area contributed by atoms with Crippen LogP contribution in [0, 0.1) is 50.2 Å². The molecule has 19 nitrogen and oxygen atoms in total. The highest BCUT2D eigenvalue weighted by Crippen LogP contribution is 2.76. The molecule has 8 rings (SSSR count). The molecule has 19 heteroatoms. The van der Waals surface area contributed by atoms with Crippen LogP contribution in [0.25, 0.3) is 0 Å². The predicted molar refractivity (Wildman–Crippen MR) is 227 cm³/mol. The second kappa shape index (κ2) is 17.7. The van der Waals surface area contributed by atoms with E-state index in [9.17, 15) is 65.8 Å². The number of allylic oxidation sites excluding steroid dienone is 2. The highest BCUT2D eigenvalue weighted by atomic mass is 16.8. The number of aliphatic hydroxyl groups excluding tert-OH is 9. The molecule has 3 aliphatic heterocycles. The molecule has 66 heavy (non-hydrogen) atoms. The molecule has 8 aliphatic rings. The molecule has 3 saturated heterocycles. The van der Waals surface area contributed by atoms with Crippen LogP contribution < -0.4 is 0 Å². The smallest absolute Gasteiger partial charge is 0.335 e. The maximum atomic E-state index is 13.6. The summed E-state index contributed by atoms with van der Waals surface area (Å²) in [7, 11) is 0. The molecule has 7 fully saturated rings. The first-order chi connectivity index (χ1) is 30.8. The molecule has 0 amide bonds. The largest absolute Gasteiger partial charge is 0.481 e. The highest BCUT2D eigenvalue weighted by molar-refractivity contribution is 5.76. The minimum absolute atomic E-state index is 0.0293. The summed E-state index contributed by atoms with van der Waals surface area (Å²) in [4.78, 5) is 25.4. The number of carboxylic acids is 2. The topological polar surface area (TPSA) is 312 Å². The first-order valence-corrected chi connectivity index (χ1v) is 23.9. The molecule has 0 aromatic heterocycles. The molecule has 23 unspecified atom stereocenters. The second-order valence-electron chi connectivity index (χ2n) is 22.9. The highest BCUT2D eigenvalue weighted by Gasteiger charge is 2.70. The SMILES string of the molecule is CC1(COC2OC(CO)C(O)C(O)C2OC2OCC(O)C(O)C2O)CCC2(C(=O)O)CCC3(C)C(=CCC4C5(C)CCC(OC6OC(C(=O)O)C(O)C(O)C6O)C(C)(C)C5CCC43C)C2C1. The van der Waals surface area contributed by atoms with Crippen LogP contribution in [0.2, 0.25) is 0 Å². The van der Waals surface area contributed by atoms with E-state index in [4.69, 9.17) is 28.4 Å². The monoisotopic (exact) mass is 942 g/mol. The Hall–Kier alpha value is -1.92. The van der Waals surface area contributed by atoms with Gasteiger partial charge in [-0.2, -0.15) is 0 Å². The number of aliphatic hydroxyl groups is 9. The Morgan fingerprint density at radius 1 is 0.712 bits per heavy atom. The van der Waals surface area contributed by atoms with Crippen molar-refractivity contribution in [2.45, 2.75) is 198 Å². The third-order valence-corrected chi connectivity index (χ3v) is 19.1. The lowest BCUT2D eigenvalue weighted by molar-refractivity contribution is -0.359. The molecular weight excluding hydrogens is 868 g/mol. The van der Waals surface area contributed by atoms with E-state index in [1.165, 1.54) is 0 Å². The zero-order chi connectivity index (χ0) is 48.3. The molecule has 0 aromatic carbocycles. The van der Waals surface area contributed by atoms with Gasteiger partial charge in [-0.3, -0.25) is 4.79 Å². The van der Waals surface area contributed by atoms with Crippen molar-refractivity contribution in [2.24, 2.45) is 50.2 Å². The van der Waals surface area contributed by atoms with Gasteiger partial charge in [0.1, 0.15) is 61.0 Å². The molecule has 4 saturated carbocycles. The fourth-order valence-electron chi connectivity index (χ4n) is 14.9. The quantitative estimate of drug-likeness (QED) is 0.104.